The average molecular weight is 621 g/mol. The van der Waals surface area contributed by atoms with Crippen molar-refractivity contribution in [2.24, 2.45) is 23.1 Å². The monoisotopic (exact) mass is 620 g/mol. The number of aliphatic hydroxyl groups is 2. The third-order valence-electron chi connectivity index (χ3n) is 6.48. The first-order chi connectivity index (χ1) is 20.7. The fraction of sp³-hybridized carbons (Fsp3) is 0.536. The highest BCUT2D eigenvalue weighted by Gasteiger charge is 2.32. The number of rotatable bonds is 20. The number of aliphatic hydroxyl groups excluding tert-OH is 2. The van der Waals surface area contributed by atoms with E-state index in [-0.39, 0.29) is 25.2 Å². The smallest absolute Gasteiger partial charge is 0.243 e. The van der Waals surface area contributed by atoms with Crippen LogP contribution < -0.4 is 38.5 Å². The molecule has 0 spiro atoms. The first-order valence-corrected chi connectivity index (χ1v) is 13.9. The van der Waals surface area contributed by atoms with E-state index in [1.165, 1.54) is 0 Å². The molecule has 1 aromatic carbocycles. The fourth-order valence-electron chi connectivity index (χ4n) is 3.93. The summed E-state index contributed by atoms with van der Waals surface area (Å²) in [6, 6.07) is 2.17. The van der Waals surface area contributed by atoms with Gasteiger partial charge >= 0.3 is 0 Å². The summed E-state index contributed by atoms with van der Waals surface area (Å²) in [5.41, 5.74) is 16.6. The molecule has 0 saturated carbocycles. The predicted octanol–water partition coefficient (Wildman–Crippen LogP) is -3.85. The number of benzene rings is 1. The van der Waals surface area contributed by atoms with E-state index in [4.69, 9.17) is 22.3 Å². The lowest BCUT2D eigenvalue weighted by molar-refractivity contribution is -0.135. The van der Waals surface area contributed by atoms with Crippen LogP contribution in [-0.2, 0) is 40.0 Å². The largest absolute Gasteiger partial charge is 0.394 e. The van der Waals surface area contributed by atoms with Gasteiger partial charge in [-0.15, -0.1) is 0 Å². The minimum atomic E-state index is -1.60. The van der Waals surface area contributed by atoms with Crippen molar-refractivity contribution in [3.63, 3.8) is 0 Å². The van der Waals surface area contributed by atoms with Crippen LogP contribution in [0, 0.1) is 5.92 Å². The van der Waals surface area contributed by atoms with Crippen molar-refractivity contribution >= 4 is 41.7 Å². The zero-order valence-corrected chi connectivity index (χ0v) is 24.7. The molecule has 0 saturated heterocycles. The summed E-state index contributed by atoms with van der Waals surface area (Å²) in [5.74, 6) is -5.58. The molecule has 12 N–H and O–H groups in total. The quantitative estimate of drug-likeness (QED) is 0.0684. The Bertz CT molecular complexity index is 1150. The summed E-state index contributed by atoms with van der Waals surface area (Å²) >= 11 is 0. The Morgan fingerprint density at radius 3 is 1.95 bits per heavy atom. The molecular weight excluding hydrogens is 578 g/mol. The molecule has 1 rings (SSSR count). The van der Waals surface area contributed by atoms with Crippen LogP contribution >= 0.6 is 0 Å². The van der Waals surface area contributed by atoms with Gasteiger partial charge in [-0.3, -0.25) is 33.6 Å². The number of nitrogens with two attached hydrogens (primary N) is 3. The molecule has 0 aliphatic carbocycles. The molecular formula is C28H42N7O9. The van der Waals surface area contributed by atoms with Crippen molar-refractivity contribution < 1.29 is 43.8 Å². The lowest BCUT2D eigenvalue weighted by Gasteiger charge is -2.28. The van der Waals surface area contributed by atoms with Crippen LogP contribution in [0.25, 0.3) is 0 Å². The molecule has 6 unspecified atom stereocenters. The molecule has 6 amide bonds. The Morgan fingerprint density at radius 1 is 0.841 bits per heavy atom. The fourth-order valence-corrected chi connectivity index (χ4v) is 3.93. The molecule has 1 aromatic rings. The molecule has 0 aliphatic rings. The number of hydrogen-bond acceptors (Lipinski definition) is 10. The van der Waals surface area contributed by atoms with Gasteiger partial charge in [0.1, 0.15) is 18.1 Å². The minimum absolute atomic E-state index is 0.0298. The number of primary amides is 2. The maximum absolute atomic E-state index is 13.4. The van der Waals surface area contributed by atoms with Crippen LogP contribution in [0.2, 0.25) is 0 Å². The minimum Gasteiger partial charge on any atom is -0.394 e. The molecule has 0 bridgehead atoms. The van der Waals surface area contributed by atoms with E-state index in [0.29, 0.717) is 5.56 Å². The SMILES string of the molecule is CC(C)C([C]=O)NC(=O)CC(O)C(Cc1ccccc1)NC(=O)C(CC(N)=O)NC(=O)C(CCC(N)=O)NC(=O)C(N)CO. The standard InChI is InChI=1S/C28H42N7O9/c1-15(2)21(14-37)32-25(41)12-22(38)19(10-16-6-4-3-5-7-16)34-28(44)20(11-24(31)40)35-27(43)18(8-9-23(30)39)33-26(42)17(29)13-36/h3-7,15,17-22,36,38H,8-13,29H2,1-2H3,(H2,30,39)(H2,31,40)(H,32,41)(H,33,42)(H,34,44)(H,35,43). The maximum atomic E-state index is 13.4. The summed E-state index contributed by atoms with van der Waals surface area (Å²) in [6.45, 7) is 2.66. The number of carbonyl (C=O) groups is 6. The Hall–Kier alpha value is -4.41. The number of hydrogen-bond donors (Lipinski definition) is 9. The molecule has 16 nitrogen and oxygen atoms in total. The average Bonchev–Trinajstić information content (AvgIpc) is 2.96. The second-order valence-electron chi connectivity index (χ2n) is 10.6. The Morgan fingerprint density at radius 2 is 1.43 bits per heavy atom. The lowest BCUT2D eigenvalue weighted by Crippen LogP contribution is -2.58. The van der Waals surface area contributed by atoms with Gasteiger partial charge in [0.25, 0.3) is 0 Å². The first kappa shape index (κ1) is 37.6. The van der Waals surface area contributed by atoms with E-state index in [1.54, 1.807) is 50.5 Å². The van der Waals surface area contributed by atoms with Gasteiger partial charge in [0, 0.05) is 6.42 Å². The Labute approximate surface area is 254 Å². The van der Waals surface area contributed by atoms with Crippen LogP contribution in [-0.4, -0.2) is 94.9 Å². The van der Waals surface area contributed by atoms with Crippen molar-refractivity contribution in [3.8, 4) is 0 Å². The van der Waals surface area contributed by atoms with Crippen LogP contribution in [0.1, 0.15) is 45.1 Å². The van der Waals surface area contributed by atoms with Gasteiger partial charge in [0.2, 0.25) is 41.7 Å². The van der Waals surface area contributed by atoms with E-state index >= 15 is 0 Å². The number of carbonyl (C=O) groups excluding carboxylic acids is 7. The number of nitrogens with one attached hydrogen (secondary N) is 4. The van der Waals surface area contributed by atoms with E-state index in [2.05, 4.69) is 21.3 Å². The normalized spacial score (nSPS) is 15.0. The summed E-state index contributed by atoms with van der Waals surface area (Å²) in [6.07, 6.45) is -1.57. The summed E-state index contributed by atoms with van der Waals surface area (Å²) < 4.78 is 0. The molecule has 0 fully saturated rings. The summed E-state index contributed by atoms with van der Waals surface area (Å²) in [5, 5.41) is 29.7. The number of amides is 6. The highest BCUT2D eigenvalue weighted by Crippen LogP contribution is 2.11. The van der Waals surface area contributed by atoms with Crippen molar-refractivity contribution in [3.05, 3.63) is 35.9 Å². The highest BCUT2D eigenvalue weighted by atomic mass is 16.3. The zero-order chi connectivity index (χ0) is 33.4. The highest BCUT2D eigenvalue weighted by molar-refractivity contribution is 5.95. The molecule has 44 heavy (non-hydrogen) atoms. The van der Waals surface area contributed by atoms with Crippen molar-refractivity contribution in [2.75, 3.05) is 6.61 Å². The third kappa shape index (κ3) is 13.7. The van der Waals surface area contributed by atoms with Gasteiger partial charge in [0.05, 0.1) is 37.6 Å². The van der Waals surface area contributed by atoms with Crippen LogP contribution in [0.4, 0.5) is 0 Å². The molecule has 0 heterocycles. The Kier molecular flexibility index (Phi) is 16.2. The predicted molar refractivity (Wildman–Crippen MR) is 156 cm³/mol. The molecule has 16 heteroatoms. The van der Waals surface area contributed by atoms with Crippen LogP contribution in [0.3, 0.4) is 0 Å². The topological polar surface area (TPSA) is 286 Å². The molecule has 1 radical (unpaired) electrons. The van der Waals surface area contributed by atoms with Crippen molar-refractivity contribution in [1.82, 2.24) is 21.3 Å². The molecule has 6 atom stereocenters. The van der Waals surface area contributed by atoms with Crippen LogP contribution in [0.5, 0.6) is 0 Å². The summed E-state index contributed by atoms with van der Waals surface area (Å²) in [7, 11) is 0. The Balaban J connectivity index is 3.20. The molecule has 0 aliphatic heterocycles. The van der Waals surface area contributed by atoms with E-state index in [1.807, 2.05) is 0 Å². The van der Waals surface area contributed by atoms with E-state index in [9.17, 15) is 38.7 Å². The third-order valence-corrected chi connectivity index (χ3v) is 6.48. The van der Waals surface area contributed by atoms with Gasteiger partial charge < -0.3 is 48.7 Å². The van der Waals surface area contributed by atoms with Crippen LogP contribution in [0.15, 0.2) is 30.3 Å². The molecule has 0 aromatic heterocycles. The summed E-state index contributed by atoms with van der Waals surface area (Å²) in [4.78, 5) is 85.5. The lowest BCUT2D eigenvalue weighted by atomic mass is 9.97. The zero-order valence-electron chi connectivity index (χ0n) is 24.7. The van der Waals surface area contributed by atoms with E-state index in [0.717, 1.165) is 0 Å². The van der Waals surface area contributed by atoms with Gasteiger partial charge in [-0.1, -0.05) is 44.2 Å². The van der Waals surface area contributed by atoms with Gasteiger partial charge in [-0.2, -0.15) is 0 Å². The van der Waals surface area contributed by atoms with E-state index < -0.39 is 91.2 Å². The van der Waals surface area contributed by atoms with Gasteiger partial charge in [-0.05, 0) is 24.3 Å². The second-order valence-corrected chi connectivity index (χ2v) is 10.6. The van der Waals surface area contributed by atoms with Gasteiger partial charge in [-0.25, -0.2) is 0 Å². The van der Waals surface area contributed by atoms with Gasteiger partial charge in [0.15, 0.2) is 0 Å². The maximum Gasteiger partial charge on any atom is 0.243 e. The van der Waals surface area contributed by atoms with Crippen molar-refractivity contribution in [2.45, 2.75) is 82.3 Å². The first-order valence-electron chi connectivity index (χ1n) is 13.9. The molecule has 243 valence electrons. The second kappa shape index (κ2) is 19.0. The van der Waals surface area contributed by atoms with Crippen molar-refractivity contribution in [1.29, 1.82) is 0 Å².